The minimum atomic E-state index is -0.276. The highest BCUT2D eigenvalue weighted by Gasteiger charge is 2.12. The van der Waals surface area contributed by atoms with Gasteiger partial charge in [0.1, 0.15) is 5.82 Å². The molecule has 20 heavy (non-hydrogen) atoms. The van der Waals surface area contributed by atoms with Crippen molar-refractivity contribution in [1.82, 2.24) is 4.98 Å². The molecule has 0 aliphatic heterocycles. The van der Waals surface area contributed by atoms with E-state index in [1.807, 2.05) is 19.1 Å². The molecule has 0 saturated carbocycles. The van der Waals surface area contributed by atoms with Crippen molar-refractivity contribution >= 4 is 34.7 Å². The van der Waals surface area contributed by atoms with E-state index in [1.165, 1.54) is 0 Å². The predicted octanol–water partition coefficient (Wildman–Crippen LogP) is 2.30. The molecule has 5 nitrogen and oxygen atoms in total. The van der Waals surface area contributed by atoms with Gasteiger partial charge in [0.05, 0.1) is 11.3 Å². The van der Waals surface area contributed by atoms with E-state index in [4.69, 9.17) is 18.0 Å². The number of anilines is 2. The molecule has 0 saturated heterocycles. The first-order valence-electron chi connectivity index (χ1n) is 5.97. The van der Waals surface area contributed by atoms with Gasteiger partial charge < -0.3 is 16.4 Å². The Kier molecular flexibility index (Phi) is 4.27. The van der Waals surface area contributed by atoms with Crippen molar-refractivity contribution in [3.05, 3.63) is 53.7 Å². The van der Waals surface area contributed by atoms with Gasteiger partial charge in [-0.2, -0.15) is 0 Å². The van der Waals surface area contributed by atoms with Crippen LogP contribution >= 0.6 is 12.2 Å². The maximum atomic E-state index is 12.3. The Labute approximate surface area is 122 Å². The minimum absolute atomic E-state index is 0.110. The standard InChI is InChI=1S/C14H14N4OS/c1-9-5-4-8-12(16-9)18-13(19)10-6-2-3-7-11(10)17-14(15)20/h2-8H,1H3,(H3,15,17,20)(H,16,18,19). The summed E-state index contributed by atoms with van der Waals surface area (Å²) in [5, 5.41) is 5.63. The van der Waals surface area contributed by atoms with Gasteiger partial charge >= 0.3 is 0 Å². The maximum absolute atomic E-state index is 12.3. The number of pyridine rings is 1. The summed E-state index contributed by atoms with van der Waals surface area (Å²) in [6.07, 6.45) is 0. The lowest BCUT2D eigenvalue weighted by atomic mass is 10.1. The molecule has 0 spiro atoms. The van der Waals surface area contributed by atoms with Crippen LogP contribution in [0.1, 0.15) is 16.1 Å². The summed E-state index contributed by atoms with van der Waals surface area (Å²) < 4.78 is 0. The quantitative estimate of drug-likeness (QED) is 0.754. The number of thiocarbonyl (C=S) groups is 1. The molecule has 4 N–H and O–H groups in total. The Morgan fingerprint density at radius 1 is 1.15 bits per heavy atom. The summed E-state index contributed by atoms with van der Waals surface area (Å²) in [6, 6.07) is 12.4. The number of carbonyl (C=O) groups is 1. The van der Waals surface area contributed by atoms with Gasteiger partial charge in [0, 0.05) is 5.69 Å². The molecule has 0 unspecified atom stereocenters. The molecule has 2 aromatic rings. The lowest BCUT2D eigenvalue weighted by Crippen LogP contribution is -2.22. The van der Waals surface area contributed by atoms with Gasteiger partial charge in [-0.3, -0.25) is 4.79 Å². The first-order chi connectivity index (χ1) is 9.56. The topological polar surface area (TPSA) is 80.0 Å². The fraction of sp³-hybridized carbons (Fsp3) is 0.0714. The zero-order chi connectivity index (χ0) is 14.5. The number of benzene rings is 1. The molecule has 0 aliphatic rings. The van der Waals surface area contributed by atoms with Gasteiger partial charge in [0.2, 0.25) is 0 Å². The Bertz CT molecular complexity index is 657. The second-order valence-electron chi connectivity index (χ2n) is 4.15. The molecule has 0 atom stereocenters. The van der Waals surface area contributed by atoms with E-state index in [-0.39, 0.29) is 11.0 Å². The van der Waals surface area contributed by atoms with Gasteiger partial charge in [0.15, 0.2) is 5.11 Å². The number of nitrogens with one attached hydrogen (secondary N) is 2. The van der Waals surface area contributed by atoms with E-state index in [2.05, 4.69) is 15.6 Å². The first kappa shape index (κ1) is 14.0. The van der Waals surface area contributed by atoms with Crippen molar-refractivity contribution < 1.29 is 4.79 Å². The molecule has 2 rings (SSSR count). The molecule has 0 bridgehead atoms. The van der Waals surface area contributed by atoms with Crippen molar-refractivity contribution in [2.45, 2.75) is 6.92 Å². The third kappa shape index (κ3) is 3.52. The Morgan fingerprint density at radius 2 is 1.90 bits per heavy atom. The molecule has 0 radical (unpaired) electrons. The monoisotopic (exact) mass is 286 g/mol. The Hall–Kier alpha value is -2.47. The van der Waals surface area contributed by atoms with Crippen molar-refractivity contribution in [2.75, 3.05) is 10.6 Å². The number of amides is 1. The van der Waals surface area contributed by atoms with Crippen molar-refractivity contribution in [1.29, 1.82) is 0 Å². The van der Waals surface area contributed by atoms with E-state index in [9.17, 15) is 4.79 Å². The highest BCUT2D eigenvalue weighted by Crippen LogP contribution is 2.16. The summed E-state index contributed by atoms with van der Waals surface area (Å²) in [5.74, 6) is 0.225. The molecule has 1 amide bonds. The molecule has 1 aromatic carbocycles. The van der Waals surface area contributed by atoms with E-state index < -0.39 is 0 Å². The zero-order valence-corrected chi connectivity index (χ0v) is 11.7. The summed E-state index contributed by atoms with van der Waals surface area (Å²) >= 11 is 4.79. The van der Waals surface area contributed by atoms with Crippen LogP contribution in [0, 0.1) is 6.92 Å². The number of nitrogens with two attached hydrogens (primary N) is 1. The van der Waals surface area contributed by atoms with Crippen LogP contribution < -0.4 is 16.4 Å². The van der Waals surface area contributed by atoms with E-state index >= 15 is 0 Å². The lowest BCUT2D eigenvalue weighted by Gasteiger charge is -2.10. The number of hydrogen-bond acceptors (Lipinski definition) is 3. The Morgan fingerprint density at radius 3 is 2.60 bits per heavy atom. The van der Waals surface area contributed by atoms with Crippen LogP contribution in [0.25, 0.3) is 0 Å². The summed E-state index contributed by atoms with van der Waals surface area (Å²) in [6.45, 7) is 1.86. The number of nitrogens with zero attached hydrogens (tertiary/aromatic N) is 1. The number of para-hydroxylation sites is 1. The molecule has 6 heteroatoms. The van der Waals surface area contributed by atoms with Crippen molar-refractivity contribution in [2.24, 2.45) is 5.73 Å². The third-order valence-corrected chi connectivity index (χ3v) is 2.66. The van der Waals surface area contributed by atoms with Crippen LogP contribution in [0.2, 0.25) is 0 Å². The highest BCUT2D eigenvalue weighted by atomic mass is 32.1. The predicted molar refractivity (Wildman–Crippen MR) is 83.8 cm³/mol. The largest absolute Gasteiger partial charge is 0.376 e. The number of carbonyl (C=O) groups excluding carboxylic acids is 1. The van der Waals surface area contributed by atoms with Crippen molar-refractivity contribution in [3.63, 3.8) is 0 Å². The smallest absolute Gasteiger partial charge is 0.258 e. The number of aromatic nitrogens is 1. The van der Waals surface area contributed by atoms with Crippen LogP contribution in [-0.4, -0.2) is 16.0 Å². The van der Waals surface area contributed by atoms with Gasteiger partial charge in [-0.15, -0.1) is 0 Å². The number of aryl methyl sites for hydroxylation is 1. The van der Waals surface area contributed by atoms with E-state index in [0.29, 0.717) is 17.1 Å². The molecule has 0 aliphatic carbocycles. The molecular weight excluding hydrogens is 272 g/mol. The van der Waals surface area contributed by atoms with Crippen LogP contribution in [0.3, 0.4) is 0 Å². The van der Waals surface area contributed by atoms with Crippen LogP contribution in [0.15, 0.2) is 42.5 Å². The Balaban J connectivity index is 2.23. The third-order valence-electron chi connectivity index (χ3n) is 2.56. The molecular formula is C14H14N4OS. The molecule has 1 aromatic heterocycles. The van der Waals surface area contributed by atoms with Gasteiger partial charge in [-0.1, -0.05) is 18.2 Å². The van der Waals surface area contributed by atoms with Gasteiger partial charge in [-0.05, 0) is 43.4 Å². The lowest BCUT2D eigenvalue weighted by molar-refractivity contribution is 0.102. The van der Waals surface area contributed by atoms with Crippen molar-refractivity contribution in [3.8, 4) is 0 Å². The summed E-state index contributed by atoms with van der Waals surface area (Å²) in [5.41, 5.74) is 7.28. The second kappa shape index (κ2) is 6.12. The molecule has 102 valence electrons. The zero-order valence-electron chi connectivity index (χ0n) is 10.9. The number of rotatable bonds is 3. The molecule has 1 heterocycles. The van der Waals surface area contributed by atoms with Gasteiger partial charge in [-0.25, -0.2) is 4.98 Å². The minimum Gasteiger partial charge on any atom is -0.376 e. The number of hydrogen-bond donors (Lipinski definition) is 3. The van der Waals surface area contributed by atoms with E-state index in [0.717, 1.165) is 5.69 Å². The highest BCUT2D eigenvalue weighted by molar-refractivity contribution is 7.80. The average Bonchev–Trinajstić information content (AvgIpc) is 2.38. The van der Waals surface area contributed by atoms with E-state index in [1.54, 1.807) is 30.3 Å². The summed E-state index contributed by atoms with van der Waals surface area (Å²) in [4.78, 5) is 16.5. The SMILES string of the molecule is Cc1cccc(NC(=O)c2ccccc2NC(N)=S)n1. The first-order valence-corrected chi connectivity index (χ1v) is 6.37. The fourth-order valence-electron chi connectivity index (χ4n) is 1.72. The normalized spacial score (nSPS) is 9.85. The van der Waals surface area contributed by atoms with Crippen LogP contribution in [0.5, 0.6) is 0 Å². The second-order valence-corrected chi connectivity index (χ2v) is 4.59. The fourth-order valence-corrected chi connectivity index (χ4v) is 1.83. The van der Waals surface area contributed by atoms with Crippen LogP contribution in [-0.2, 0) is 0 Å². The van der Waals surface area contributed by atoms with Crippen LogP contribution in [0.4, 0.5) is 11.5 Å². The molecule has 0 fully saturated rings. The van der Waals surface area contributed by atoms with Gasteiger partial charge in [0.25, 0.3) is 5.91 Å². The summed E-state index contributed by atoms with van der Waals surface area (Å²) in [7, 11) is 0. The maximum Gasteiger partial charge on any atom is 0.258 e. The average molecular weight is 286 g/mol.